The monoisotopic (exact) mass is 327 g/mol. The lowest BCUT2D eigenvalue weighted by Gasteiger charge is -2.10. The fraction of sp³-hybridized carbons (Fsp3) is 0.143. The molecule has 0 saturated heterocycles. The third-order valence-corrected chi connectivity index (χ3v) is 4.91. The van der Waals surface area contributed by atoms with Gasteiger partial charge in [-0.3, -0.25) is 4.72 Å². The number of thioether (sulfide) groups is 1. The highest BCUT2D eigenvalue weighted by atomic mass is 32.2. The fourth-order valence-corrected chi connectivity index (χ4v) is 3.39. The van der Waals surface area contributed by atoms with Gasteiger partial charge in [0.1, 0.15) is 10.7 Å². The molecular weight excluding hydrogens is 313 g/mol. The number of nitrogens with one attached hydrogen (secondary N) is 1. The summed E-state index contributed by atoms with van der Waals surface area (Å²) in [6, 6.07) is 10.3. The third kappa shape index (κ3) is 3.75. The summed E-state index contributed by atoms with van der Waals surface area (Å²) in [4.78, 5) is 0.406. The summed E-state index contributed by atoms with van der Waals surface area (Å²) in [6.07, 6.45) is 1.87. The Bertz CT molecular complexity index is 748. The molecule has 0 fully saturated rings. The largest absolute Gasteiger partial charge is 0.392 e. The molecule has 0 unspecified atom stereocenters. The van der Waals surface area contributed by atoms with Crippen LogP contribution in [0.2, 0.25) is 0 Å². The van der Waals surface area contributed by atoms with Crippen LogP contribution >= 0.6 is 11.8 Å². The van der Waals surface area contributed by atoms with E-state index >= 15 is 0 Å². The molecular formula is C14H14FNO3S2. The maximum absolute atomic E-state index is 13.7. The number of halogens is 1. The minimum absolute atomic E-state index is 0.328. The number of aliphatic hydroxyl groups is 1. The topological polar surface area (TPSA) is 66.4 Å². The predicted molar refractivity (Wildman–Crippen MR) is 81.4 cm³/mol. The number of hydrogen-bond acceptors (Lipinski definition) is 4. The number of anilines is 1. The average Bonchev–Trinajstić information content (AvgIpc) is 2.47. The highest BCUT2D eigenvalue weighted by Gasteiger charge is 2.19. The minimum Gasteiger partial charge on any atom is -0.392 e. The van der Waals surface area contributed by atoms with E-state index in [1.807, 2.05) is 12.3 Å². The van der Waals surface area contributed by atoms with Crippen LogP contribution < -0.4 is 4.72 Å². The van der Waals surface area contributed by atoms with E-state index in [9.17, 15) is 12.8 Å². The van der Waals surface area contributed by atoms with Gasteiger partial charge in [-0.15, -0.1) is 11.8 Å². The molecule has 2 aromatic rings. The van der Waals surface area contributed by atoms with Gasteiger partial charge in [0.05, 0.1) is 6.61 Å². The Balaban J connectivity index is 2.38. The lowest BCUT2D eigenvalue weighted by atomic mass is 10.2. The van der Waals surface area contributed by atoms with Gasteiger partial charge in [-0.1, -0.05) is 12.1 Å². The second kappa shape index (κ2) is 6.46. The Hall–Kier alpha value is -1.57. The highest BCUT2D eigenvalue weighted by Crippen LogP contribution is 2.23. The first kappa shape index (κ1) is 15.8. The quantitative estimate of drug-likeness (QED) is 0.829. The molecule has 2 aromatic carbocycles. The highest BCUT2D eigenvalue weighted by molar-refractivity contribution is 7.98. The molecule has 0 bridgehead atoms. The molecule has 2 N–H and O–H groups in total. The van der Waals surface area contributed by atoms with E-state index in [0.29, 0.717) is 11.3 Å². The molecule has 112 valence electrons. The van der Waals surface area contributed by atoms with Gasteiger partial charge >= 0.3 is 0 Å². The Kier molecular flexibility index (Phi) is 4.87. The number of hydrogen-bond donors (Lipinski definition) is 2. The summed E-state index contributed by atoms with van der Waals surface area (Å²) in [6.45, 7) is -0.356. The van der Waals surface area contributed by atoms with Crippen molar-refractivity contribution in [1.82, 2.24) is 0 Å². The van der Waals surface area contributed by atoms with Crippen LogP contribution in [0.5, 0.6) is 0 Å². The minimum atomic E-state index is -4.05. The van der Waals surface area contributed by atoms with Crippen LogP contribution in [0.15, 0.2) is 52.3 Å². The van der Waals surface area contributed by atoms with Gasteiger partial charge in [0.2, 0.25) is 0 Å². The Morgan fingerprint density at radius 3 is 2.67 bits per heavy atom. The van der Waals surface area contributed by atoms with E-state index in [1.54, 1.807) is 18.2 Å². The van der Waals surface area contributed by atoms with Crippen LogP contribution in [0.4, 0.5) is 10.1 Å². The number of rotatable bonds is 5. The lowest BCUT2D eigenvalue weighted by Crippen LogP contribution is -2.15. The first-order valence-electron chi connectivity index (χ1n) is 6.02. The molecule has 0 spiro atoms. The van der Waals surface area contributed by atoms with Crippen molar-refractivity contribution in [3.63, 3.8) is 0 Å². The molecule has 0 aromatic heterocycles. The normalized spacial score (nSPS) is 11.4. The molecule has 7 heteroatoms. The molecule has 0 aliphatic carbocycles. The van der Waals surface area contributed by atoms with Gasteiger partial charge in [-0.05, 0) is 42.2 Å². The lowest BCUT2D eigenvalue weighted by molar-refractivity contribution is 0.281. The molecule has 0 aliphatic heterocycles. The standard InChI is InChI=1S/C14H14FNO3S2/c1-20-12-4-2-3-11(8-12)16-21(18,19)14-7-10(9-17)5-6-13(14)15/h2-8,16-17H,9H2,1H3. The summed E-state index contributed by atoms with van der Waals surface area (Å²) in [5, 5.41) is 9.04. The van der Waals surface area contributed by atoms with E-state index in [-0.39, 0.29) is 6.61 Å². The Labute approximate surface area is 127 Å². The van der Waals surface area contributed by atoms with Crippen LogP contribution in [-0.4, -0.2) is 19.8 Å². The van der Waals surface area contributed by atoms with Gasteiger partial charge < -0.3 is 5.11 Å². The molecule has 0 saturated carbocycles. The first-order chi connectivity index (χ1) is 9.96. The number of aliphatic hydroxyl groups excluding tert-OH is 1. The van der Waals surface area contributed by atoms with Crippen LogP contribution in [0.25, 0.3) is 0 Å². The number of benzene rings is 2. The SMILES string of the molecule is CSc1cccc(NS(=O)(=O)c2cc(CO)ccc2F)c1. The number of sulfonamides is 1. The second-order valence-corrected chi connectivity index (χ2v) is 6.79. The zero-order valence-corrected chi connectivity index (χ0v) is 12.8. The molecule has 21 heavy (non-hydrogen) atoms. The molecule has 2 rings (SSSR count). The van der Waals surface area contributed by atoms with E-state index in [0.717, 1.165) is 17.0 Å². The molecule has 4 nitrogen and oxygen atoms in total. The van der Waals surface area contributed by atoms with Crippen LogP contribution in [-0.2, 0) is 16.6 Å². The summed E-state index contributed by atoms with van der Waals surface area (Å²) >= 11 is 1.47. The van der Waals surface area contributed by atoms with Crippen molar-refractivity contribution < 1.29 is 17.9 Å². The fourth-order valence-electron chi connectivity index (χ4n) is 1.75. The van der Waals surface area contributed by atoms with Crippen molar-refractivity contribution in [3.8, 4) is 0 Å². The molecule has 0 atom stereocenters. The summed E-state index contributed by atoms with van der Waals surface area (Å²) in [7, 11) is -4.05. The first-order valence-corrected chi connectivity index (χ1v) is 8.73. The molecule has 0 amide bonds. The van der Waals surface area contributed by atoms with Gasteiger partial charge in [0.15, 0.2) is 0 Å². The smallest absolute Gasteiger partial charge is 0.264 e. The van der Waals surface area contributed by atoms with Crippen LogP contribution in [0, 0.1) is 5.82 Å². The van der Waals surface area contributed by atoms with Gasteiger partial charge in [-0.2, -0.15) is 0 Å². The third-order valence-electron chi connectivity index (χ3n) is 2.79. The van der Waals surface area contributed by atoms with E-state index in [4.69, 9.17) is 5.11 Å². The van der Waals surface area contributed by atoms with E-state index in [2.05, 4.69) is 4.72 Å². The summed E-state index contributed by atoms with van der Waals surface area (Å²) in [5.41, 5.74) is 0.685. The van der Waals surface area contributed by atoms with Crippen molar-refractivity contribution in [1.29, 1.82) is 0 Å². The van der Waals surface area contributed by atoms with Crippen LogP contribution in [0.3, 0.4) is 0 Å². The van der Waals surface area contributed by atoms with Crippen molar-refractivity contribution in [2.45, 2.75) is 16.4 Å². The molecule has 0 aliphatic rings. The van der Waals surface area contributed by atoms with Crippen molar-refractivity contribution in [2.24, 2.45) is 0 Å². The Morgan fingerprint density at radius 2 is 2.00 bits per heavy atom. The Morgan fingerprint density at radius 1 is 1.24 bits per heavy atom. The van der Waals surface area contributed by atoms with Crippen molar-refractivity contribution >= 4 is 27.5 Å². The molecule has 0 heterocycles. The zero-order chi connectivity index (χ0) is 15.5. The maximum Gasteiger partial charge on any atom is 0.264 e. The maximum atomic E-state index is 13.7. The average molecular weight is 327 g/mol. The zero-order valence-electron chi connectivity index (χ0n) is 11.2. The second-order valence-electron chi connectivity index (χ2n) is 4.26. The van der Waals surface area contributed by atoms with Gasteiger partial charge in [0.25, 0.3) is 10.0 Å². The van der Waals surface area contributed by atoms with Gasteiger partial charge in [0, 0.05) is 10.6 Å². The van der Waals surface area contributed by atoms with Crippen molar-refractivity contribution in [2.75, 3.05) is 11.0 Å². The van der Waals surface area contributed by atoms with E-state index in [1.165, 1.54) is 17.8 Å². The summed E-state index contributed by atoms with van der Waals surface area (Å²) in [5.74, 6) is -0.860. The summed E-state index contributed by atoms with van der Waals surface area (Å²) < 4.78 is 40.6. The molecule has 0 radical (unpaired) electrons. The van der Waals surface area contributed by atoms with E-state index < -0.39 is 20.7 Å². The van der Waals surface area contributed by atoms with Crippen LogP contribution in [0.1, 0.15) is 5.56 Å². The predicted octanol–water partition coefficient (Wildman–Crippen LogP) is 2.84. The van der Waals surface area contributed by atoms with Crippen molar-refractivity contribution in [3.05, 3.63) is 53.8 Å². The van der Waals surface area contributed by atoms with Gasteiger partial charge in [-0.25, -0.2) is 12.8 Å².